The number of fused-ring (bicyclic) bond motifs is 4. The van der Waals surface area contributed by atoms with Crippen LogP contribution in [0.25, 0.3) is 11.3 Å². The number of carbonyl (C=O) groups is 3. The van der Waals surface area contributed by atoms with Crippen molar-refractivity contribution < 1.29 is 19.5 Å². The van der Waals surface area contributed by atoms with Gasteiger partial charge in [-0.05, 0) is 68.0 Å². The number of aromatic hydroxyl groups is 1. The van der Waals surface area contributed by atoms with Crippen LogP contribution in [0.1, 0.15) is 48.5 Å². The Morgan fingerprint density at radius 2 is 1.65 bits per heavy atom. The number of hydrogen-bond donors (Lipinski definition) is 3. The van der Waals surface area contributed by atoms with Gasteiger partial charge in [-0.15, -0.1) is 10.2 Å². The third kappa shape index (κ3) is 6.54. The molecule has 4 amide bonds. The van der Waals surface area contributed by atoms with E-state index in [2.05, 4.69) is 65.6 Å². The van der Waals surface area contributed by atoms with Gasteiger partial charge in [0.15, 0.2) is 5.82 Å². The van der Waals surface area contributed by atoms with Crippen molar-refractivity contribution in [2.75, 3.05) is 87.1 Å². The van der Waals surface area contributed by atoms with Gasteiger partial charge in [0.1, 0.15) is 5.75 Å². The lowest BCUT2D eigenvalue weighted by molar-refractivity contribution is -0.123. The van der Waals surface area contributed by atoms with Crippen molar-refractivity contribution in [1.29, 1.82) is 0 Å². The van der Waals surface area contributed by atoms with Gasteiger partial charge in [-0.2, -0.15) is 0 Å². The average molecular weight is 735 g/mol. The summed E-state index contributed by atoms with van der Waals surface area (Å²) in [6.45, 7) is 11.6. The van der Waals surface area contributed by atoms with E-state index in [1.807, 2.05) is 28.0 Å². The minimum absolute atomic E-state index is 0.0357. The summed E-state index contributed by atoms with van der Waals surface area (Å²) in [5.41, 5.74) is 5.25. The van der Waals surface area contributed by atoms with Crippen molar-refractivity contribution in [3.05, 3.63) is 59.7 Å². The Hall–Kier alpha value is -5.11. The van der Waals surface area contributed by atoms with E-state index < -0.39 is 0 Å². The molecule has 14 nitrogen and oxygen atoms in total. The lowest BCUT2D eigenvalue weighted by Gasteiger charge is -2.50. The van der Waals surface area contributed by atoms with Crippen molar-refractivity contribution in [2.24, 2.45) is 5.92 Å². The number of phenols is 1. The van der Waals surface area contributed by atoms with Crippen LogP contribution in [0.5, 0.6) is 5.75 Å². The molecule has 0 radical (unpaired) electrons. The Morgan fingerprint density at radius 3 is 2.43 bits per heavy atom. The third-order valence-electron chi connectivity index (χ3n) is 12.6. The number of carbonyl (C=O) groups excluding carboxylic acids is 3. The summed E-state index contributed by atoms with van der Waals surface area (Å²) in [6.07, 6.45) is 3.42. The van der Waals surface area contributed by atoms with Gasteiger partial charge in [-0.25, -0.2) is 4.79 Å². The number of piperazine rings is 2. The highest BCUT2D eigenvalue weighted by molar-refractivity contribution is 5.99. The maximum absolute atomic E-state index is 13.9. The highest BCUT2D eigenvalue weighted by Crippen LogP contribution is 2.37. The van der Waals surface area contributed by atoms with Crippen LogP contribution in [-0.2, 0) is 11.3 Å². The molecule has 54 heavy (non-hydrogen) atoms. The normalized spacial score (nSPS) is 24.8. The molecule has 0 bridgehead atoms. The van der Waals surface area contributed by atoms with Crippen molar-refractivity contribution in [1.82, 2.24) is 35.1 Å². The van der Waals surface area contributed by atoms with E-state index in [9.17, 15) is 19.5 Å². The first kappa shape index (κ1) is 34.6. The highest BCUT2D eigenvalue weighted by atomic mass is 16.3. The molecule has 3 N–H and O–H groups in total. The van der Waals surface area contributed by atoms with Gasteiger partial charge in [0.2, 0.25) is 5.91 Å². The number of benzene rings is 2. The Kier molecular flexibility index (Phi) is 9.16. The molecule has 4 fully saturated rings. The fraction of sp³-hybridized carbons (Fsp3) is 0.525. The number of para-hydroxylation sites is 1. The minimum Gasteiger partial charge on any atom is -0.507 e. The van der Waals surface area contributed by atoms with Crippen LogP contribution in [0.15, 0.2) is 48.5 Å². The Morgan fingerprint density at radius 1 is 0.852 bits per heavy atom. The van der Waals surface area contributed by atoms with Crippen LogP contribution in [0.2, 0.25) is 0 Å². The molecule has 9 rings (SSSR count). The molecule has 14 heteroatoms. The van der Waals surface area contributed by atoms with Crippen LogP contribution in [0.3, 0.4) is 0 Å². The molecule has 0 spiro atoms. The fourth-order valence-corrected chi connectivity index (χ4v) is 9.37. The van der Waals surface area contributed by atoms with Crippen LogP contribution in [0.4, 0.5) is 22.0 Å². The Balaban J connectivity index is 0.749. The second-order valence-electron chi connectivity index (χ2n) is 15.9. The molecule has 7 heterocycles. The van der Waals surface area contributed by atoms with Crippen molar-refractivity contribution in [2.45, 2.75) is 57.3 Å². The summed E-state index contributed by atoms with van der Waals surface area (Å²) in [4.78, 5) is 52.3. The topological polar surface area (TPSA) is 141 Å². The quantitative estimate of drug-likeness (QED) is 0.359. The smallest absolute Gasteiger partial charge is 0.320 e. The number of anilines is 3. The maximum Gasteiger partial charge on any atom is 0.320 e. The van der Waals surface area contributed by atoms with E-state index >= 15 is 0 Å². The van der Waals surface area contributed by atoms with E-state index in [0.29, 0.717) is 56.3 Å². The second-order valence-corrected chi connectivity index (χ2v) is 15.9. The number of hydrogen-bond acceptors (Lipinski definition) is 10. The van der Waals surface area contributed by atoms with Crippen molar-refractivity contribution >= 4 is 35.0 Å². The largest absolute Gasteiger partial charge is 0.507 e. The lowest BCUT2D eigenvalue weighted by atomic mass is 9.95. The Labute approximate surface area is 316 Å². The average Bonchev–Trinajstić information content (AvgIpc) is 3.53. The first-order chi connectivity index (χ1) is 26.3. The van der Waals surface area contributed by atoms with Crippen LogP contribution in [-0.4, -0.2) is 143 Å². The molecule has 0 aliphatic carbocycles. The number of amides is 4. The minimum atomic E-state index is 0.0357. The summed E-state index contributed by atoms with van der Waals surface area (Å²) in [5.74, 6) is 1.68. The molecule has 284 valence electrons. The summed E-state index contributed by atoms with van der Waals surface area (Å²) < 4.78 is 0. The SMILES string of the molecule is C[C@H]1CN2c3cc(-c4ccccc4O)nnc3NC[C@H]2CN1C(=O)N1CCN(CC2CCN(c3ccc4c(c3)C(=O)N(C3CCC(=O)NC3)C4)CC2)CC1. The van der Waals surface area contributed by atoms with Gasteiger partial charge >= 0.3 is 6.03 Å². The zero-order valence-electron chi connectivity index (χ0n) is 31.0. The van der Waals surface area contributed by atoms with E-state index in [-0.39, 0.29) is 41.7 Å². The summed E-state index contributed by atoms with van der Waals surface area (Å²) >= 11 is 0. The van der Waals surface area contributed by atoms with Crippen molar-refractivity contribution in [3.8, 4) is 17.0 Å². The predicted octanol–water partition coefficient (Wildman–Crippen LogP) is 3.04. The molecule has 6 aliphatic heterocycles. The maximum atomic E-state index is 13.9. The first-order valence-corrected chi connectivity index (χ1v) is 19.7. The molecule has 3 atom stereocenters. The number of nitrogens with zero attached hydrogens (tertiary/aromatic N) is 8. The monoisotopic (exact) mass is 734 g/mol. The van der Waals surface area contributed by atoms with E-state index in [4.69, 9.17) is 0 Å². The second kappa shape index (κ2) is 14.3. The van der Waals surface area contributed by atoms with Crippen LogP contribution in [0, 0.1) is 5.92 Å². The van der Waals surface area contributed by atoms with Gasteiger partial charge in [-0.3, -0.25) is 14.5 Å². The number of aromatic nitrogens is 2. The van der Waals surface area contributed by atoms with Gasteiger partial charge in [0.05, 0.1) is 23.5 Å². The molecule has 1 unspecified atom stereocenters. The van der Waals surface area contributed by atoms with Crippen LogP contribution >= 0.6 is 0 Å². The predicted molar refractivity (Wildman–Crippen MR) is 206 cm³/mol. The zero-order valence-corrected chi connectivity index (χ0v) is 31.0. The zero-order chi connectivity index (χ0) is 36.9. The standard InChI is InChI=1S/C40H50N10O4/c1-26-22-49-31(21-42-38-35(49)19-34(43-44-38)32-4-2-3-5-36(32)51)25-48(26)40(54)47-16-14-45(15-17-47)23-27-10-12-46(13-11-27)29-7-6-28-24-50(39(53)33(28)18-29)30-8-9-37(52)41-20-30/h2-7,18-19,26-27,30-31,51H,8-17,20-25H2,1H3,(H,41,52)(H,42,44)/t26-,30?,31-/m0/s1. The molecule has 4 saturated heterocycles. The van der Waals surface area contributed by atoms with Crippen molar-refractivity contribution in [3.63, 3.8) is 0 Å². The van der Waals surface area contributed by atoms with E-state index in [0.717, 1.165) is 93.4 Å². The molecule has 3 aromatic rings. The summed E-state index contributed by atoms with van der Waals surface area (Å²) in [5, 5.41) is 25.6. The molecule has 0 saturated carbocycles. The van der Waals surface area contributed by atoms with Crippen LogP contribution < -0.4 is 20.4 Å². The van der Waals surface area contributed by atoms with E-state index in [1.165, 1.54) is 0 Å². The van der Waals surface area contributed by atoms with Gasteiger partial charge in [0.25, 0.3) is 5.91 Å². The number of urea groups is 1. The number of rotatable bonds is 5. The number of nitrogens with one attached hydrogen (secondary N) is 2. The first-order valence-electron chi connectivity index (χ1n) is 19.7. The van der Waals surface area contributed by atoms with Gasteiger partial charge in [-0.1, -0.05) is 18.2 Å². The van der Waals surface area contributed by atoms with Gasteiger partial charge in [0, 0.05) is 108 Å². The summed E-state index contributed by atoms with van der Waals surface area (Å²) in [6, 6.07) is 15.9. The molecular formula is C40H50N10O4. The molecule has 1 aromatic heterocycles. The van der Waals surface area contributed by atoms with E-state index in [1.54, 1.807) is 12.1 Å². The fourth-order valence-electron chi connectivity index (χ4n) is 9.37. The number of phenolic OH excluding ortho intramolecular Hbond substituents is 1. The molecule has 2 aromatic carbocycles. The lowest BCUT2D eigenvalue weighted by Crippen LogP contribution is -2.65. The molecule has 6 aliphatic rings. The Bertz CT molecular complexity index is 1920. The number of piperidine rings is 2. The van der Waals surface area contributed by atoms with Gasteiger partial charge < -0.3 is 40.2 Å². The third-order valence-corrected chi connectivity index (χ3v) is 12.6. The summed E-state index contributed by atoms with van der Waals surface area (Å²) in [7, 11) is 0. The molecular weight excluding hydrogens is 685 g/mol. The highest BCUT2D eigenvalue weighted by Gasteiger charge is 2.40.